The summed E-state index contributed by atoms with van der Waals surface area (Å²) in [6.45, 7) is 0.365. The molecule has 1 saturated heterocycles. The van der Waals surface area contributed by atoms with Crippen molar-refractivity contribution in [2.75, 3.05) is 19.6 Å². The fourth-order valence-electron chi connectivity index (χ4n) is 3.94. The van der Waals surface area contributed by atoms with Crippen molar-refractivity contribution in [2.45, 2.75) is 25.2 Å². The monoisotopic (exact) mass is 493 g/mol. The Bertz CT molecular complexity index is 1210. The topological polar surface area (TPSA) is 159 Å². The molecular weight excluding hydrogens is 466 g/mol. The van der Waals surface area contributed by atoms with E-state index in [1.54, 1.807) is 0 Å². The number of aromatic amines is 1. The molecule has 2 amide bonds. The molecular formula is C25H27N5O6. The van der Waals surface area contributed by atoms with E-state index >= 15 is 0 Å². The Hall–Kier alpha value is -4.06. The van der Waals surface area contributed by atoms with Crippen LogP contribution in [0.2, 0.25) is 0 Å². The number of hydrogen-bond acceptors (Lipinski definition) is 7. The molecule has 36 heavy (non-hydrogen) atoms. The minimum absolute atomic E-state index is 0.0765. The molecule has 1 aliphatic rings. The Morgan fingerprint density at radius 1 is 1.11 bits per heavy atom. The van der Waals surface area contributed by atoms with E-state index in [-0.39, 0.29) is 36.9 Å². The minimum Gasteiger partial charge on any atom is -0.479 e. The summed E-state index contributed by atoms with van der Waals surface area (Å²) in [4.78, 5) is 38.0. The number of carbonyl (C=O) groups excluding carboxylic acids is 2. The molecule has 0 bridgehead atoms. The van der Waals surface area contributed by atoms with Crippen LogP contribution in [0.5, 0.6) is 0 Å². The molecule has 188 valence electrons. The smallest absolute Gasteiger partial charge is 0.333 e. The number of aliphatic hydroxyl groups excluding tert-OH is 2. The molecule has 11 heteroatoms. The standard InChI is InChI=1S/C25H27N5O6/c31-19-10-11-29(14-19)24(34)21-12-20(26-27-21)23(33)28-30(15-22(32)25(35)36)13-16-6-8-18(9-7-16)17-4-2-1-3-5-17/h1-9,12,19,22,31-32H,10-11,13-15H2,(H,26,27)(H,28,33)(H,35,36)/t19-,22+/m0/s1. The van der Waals surface area contributed by atoms with E-state index < -0.39 is 24.1 Å². The summed E-state index contributed by atoms with van der Waals surface area (Å²) >= 11 is 0. The highest BCUT2D eigenvalue weighted by atomic mass is 16.4. The van der Waals surface area contributed by atoms with Crippen LogP contribution in [-0.4, -0.2) is 85.1 Å². The van der Waals surface area contributed by atoms with Gasteiger partial charge in [-0.3, -0.25) is 20.1 Å². The van der Waals surface area contributed by atoms with Crippen LogP contribution in [-0.2, 0) is 11.3 Å². The normalized spacial score (nSPS) is 16.2. The minimum atomic E-state index is -1.73. The number of nitrogens with one attached hydrogen (secondary N) is 2. The van der Waals surface area contributed by atoms with Crippen LogP contribution in [0.1, 0.15) is 33.0 Å². The van der Waals surface area contributed by atoms with Gasteiger partial charge in [0.15, 0.2) is 11.8 Å². The summed E-state index contributed by atoms with van der Waals surface area (Å²) in [5, 5.41) is 36.4. The van der Waals surface area contributed by atoms with Crippen molar-refractivity contribution in [3.8, 4) is 11.1 Å². The van der Waals surface area contributed by atoms with Gasteiger partial charge in [-0.05, 0) is 23.1 Å². The number of benzene rings is 2. The number of carboxylic acids is 1. The molecule has 1 aliphatic heterocycles. The molecule has 1 fully saturated rings. The maximum absolute atomic E-state index is 12.8. The number of hydrazine groups is 1. The molecule has 0 unspecified atom stereocenters. The van der Waals surface area contributed by atoms with Crippen molar-refractivity contribution in [2.24, 2.45) is 0 Å². The highest BCUT2D eigenvalue weighted by Crippen LogP contribution is 2.20. The number of H-pyrrole nitrogens is 1. The first kappa shape index (κ1) is 25.0. The number of amides is 2. The van der Waals surface area contributed by atoms with Crippen molar-refractivity contribution in [3.05, 3.63) is 77.6 Å². The van der Waals surface area contributed by atoms with Crippen molar-refractivity contribution < 1.29 is 29.7 Å². The number of carbonyl (C=O) groups is 3. The molecule has 0 saturated carbocycles. The van der Waals surface area contributed by atoms with Crippen molar-refractivity contribution in [1.29, 1.82) is 0 Å². The van der Waals surface area contributed by atoms with Gasteiger partial charge in [0.05, 0.1) is 12.6 Å². The van der Waals surface area contributed by atoms with Gasteiger partial charge in [-0.1, -0.05) is 54.6 Å². The number of rotatable bonds is 9. The predicted octanol–water partition coefficient (Wildman–Crippen LogP) is 0.876. The predicted molar refractivity (Wildman–Crippen MR) is 129 cm³/mol. The molecule has 0 radical (unpaired) electrons. The second kappa shape index (κ2) is 11.1. The highest BCUT2D eigenvalue weighted by Gasteiger charge is 2.28. The van der Waals surface area contributed by atoms with Gasteiger partial charge in [0.1, 0.15) is 5.69 Å². The summed E-state index contributed by atoms with van der Waals surface area (Å²) in [6.07, 6.45) is -1.82. The van der Waals surface area contributed by atoms with Crippen LogP contribution in [0.15, 0.2) is 60.7 Å². The quantitative estimate of drug-likeness (QED) is 0.275. The van der Waals surface area contributed by atoms with Gasteiger partial charge < -0.3 is 20.2 Å². The van der Waals surface area contributed by atoms with E-state index in [9.17, 15) is 24.6 Å². The summed E-state index contributed by atoms with van der Waals surface area (Å²) < 4.78 is 0. The van der Waals surface area contributed by atoms with Gasteiger partial charge in [0, 0.05) is 25.7 Å². The largest absolute Gasteiger partial charge is 0.479 e. The number of β-amino-alcohol motifs (C(OH)–C–C–N with tert-alkyl or cyclic N) is 1. The van der Waals surface area contributed by atoms with Crippen molar-refractivity contribution in [1.82, 2.24) is 25.5 Å². The van der Waals surface area contributed by atoms with Gasteiger partial charge in [-0.2, -0.15) is 5.10 Å². The van der Waals surface area contributed by atoms with E-state index in [1.165, 1.54) is 16.0 Å². The first-order valence-corrected chi connectivity index (χ1v) is 11.4. The average Bonchev–Trinajstić information content (AvgIpc) is 3.54. The van der Waals surface area contributed by atoms with Crippen LogP contribution in [0.3, 0.4) is 0 Å². The van der Waals surface area contributed by atoms with Gasteiger partial charge in [-0.25, -0.2) is 9.80 Å². The van der Waals surface area contributed by atoms with E-state index in [0.717, 1.165) is 16.7 Å². The SMILES string of the molecule is O=C(NN(Cc1ccc(-c2ccccc2)cc1)C[C@@H](O)C(=O)O)c1cc(C(=O)N2CC[C@H](O)C2)[nH]n1. The number of aliphatic carboxylic acids is 1. The molecule has 5 N–H and O–H groups in total. The van der Waals surface area contributed by atoms with Crippen molar-refractivity contribution >= 4 is 17.8 Å². The number of aliphatic hydroxyl groups is 2. The zero-order valence-electron chi connectivity index (χ0n) is 19.4. The van der Waals surface area contributed by atoms with E-state index in [2.05, 4.69) is 15.6 Å². The lowest BCUT2D eigenvalue weighted by Gasteiger charge is -2.24. The third kappa shape index (κ3) is 6.13. The Morgan fingerprint density at radius 3 is 2.44 bits per heavy atom. The van der Waals surface area contributed by atoms with Crippen LogP contribution in [0, 0.1) is 0 Å². The molecule has 3 aromatic rings. The summed E-state index contributed by atoms with van der Waals surface area (Å²) in [5.74, 6) is -2.48. The second-order valence-corrected chi connectivity index (χ2v) is 8.60. The molecule has 11 nitrogen and oxygen atoms in total. The first-order valence-electron chi connectivity index (χ1n) is 11.4. The van der Waals surface area contributed by atoms with Crippen LogP contribution in [0.4, 0.5) is 0 Å². The number of carboxylic acid groups (broad SMARTS) is 1. The highest BCUT2D eigenvalue weighted by molar-refractivity contribution is 5.97. The van der Waals surface area contributed by atoms with Gasteiger partial charge in [-0.15, -0.1) is 0 Å². The van der Waals surface area contributed by atoms with E-state index in [1.807, 2.05) is 54.6 Å². The summed E-state index contributed by atoms with van der Waals surface area (Å²) in [5.41, 5.74) is 5.41. The average molecular weight is 494 g/mol. The number of likely N-dealkylation sites (tertiary alicyclic amines) is 1. The fourth-order valence-corrected chi connectivity index (χ4v) is 3.94. The molecule has 2 atom stereocenters. The fraction of sp³-hybridized carbons (Fsp3) is 0.280. The molecule has 0 aliphatic carbocycles. The summed E-state index contributed by atoms with van der Waals surface area (Å²) in [6, 6.07) is 18.6. The third-order valence-electron chi connectivity index (χ3n) is 5.86. The van der Waals surface area contributed by atoms with Gasteiger partial charge in [0.2, 0.25) is 0 Å². The first-order chi connectivity index (χ1) is 17.3. The molecule has 1 aromatic heterocycles. The van der Waals surface area contributed by atoms with Crippen LogP contribution in [0.25, 0.3) is 11.1 Å². The van der Waals surface area contributed by atoms with Crippen molar-refractivity contribution in [3.63, 3.8) is 0 Å². The van der Waals surface area contributed by atoms with E-state index in [0.29, 0.717) is 13.0 Å². The number of nitrogens with zero attached hydrogens (tertiary/aromatic N) is 3. The molecule has 2 aromatic carbocycles. The second-order valence-electron chi connectivity index (χ2n) is 8.60. The zero-order chi connectivity index (χ0) is 25.7. The Kier molecular flexibility index (Phi) is 7.74. The lowest BCUT2D eigenvalue weighted by Crippen LogP contribution is -2.47. The molecule has 4 rings (SSSR count). The Labute approximate surface area is 206 Å². The third-order valence-corrected chi connectivity index (χ3v) is 5.86. The lowest BCUT2D eigenvalue weighted by atomic mass is 10.0. The van der Waals surface area contributed by atoms with Crippen LogP contribution < -0.4 is 5.43 Å². The number of aromatic nitrogens is 2. The van der Waals surface area contributed by atoms with Gasteiger partial charge in [0.25, 0.3) is 11.8 Å². The Balaban J connectivity index is 1.44. The van der Waals surface area contributed by atoms with Crippen LogP contribution >= 0.6 is 0 Å². The molecule has 2 heterocycles. The number of hydrogen-bond donors (Lipinski definition) is 5. The zero-order valence-corrected chi connectivity index (χ0v) is 19.4. The summed E-state index contributed by atoms with van der Waals surface area (Å²) in [7, 11) is 0. The molecule has 0 spiro atoms. The van der Waals surface area contributed by atoms with Gasteiger partial charge >= 0.3 is 5.97 Å². The van der Waals surface area contributed by atoms with E-state index in [4.69, 9.17) is 5.11 Å². The maximum atomic E-state index is 12.8. The lowest BCUT2D eigenvalue weighted by molar-refractivity contribution is -0.148. The maximum Gasteiger partial charge on any atom is 0.333 e. The Morgan fingerprint density at radius 2 is 1.81 bits per heavy atom.